The van der Waals surface area contributed by atoms with Crippen molar-refractivity contribution in [3.05, 3.63) is 52.2 Å². The molecular formula is C21H24N4O4S2. The number of rotatable bonds is 9. The van der Waals surface area contributed by atoms with Crippen molar-refractivity contribution in [1.29, 1.82) is 0 Å². The molecule has 3 rings (SSSR count). The standard InChI is InChI=1S/C21H24N4O4S2/c1-5-14-6-8-15(9-7-14)29-11-17-23-24-21(25(17)3)30-12-18(26)22-19-16(20(27)28-4)10-13(2)31-19/h6-10H,5,11-12H2,1-4H3,(H,22,26). The molecule has 10 heteroatoms. The van der Waals surface area contributed by atoms with Crippen molar-refractivity contribution in [1.82, 2.24) is 14.8 Å². The van der Waals surface area contributed by atoms with Gasteiger partial charge in [0, 0.05) is 11.9 Å². The molecule has 1 N–H and O–H groups in total. The van der Waals surface area contributed by atoms with Crippen LogP contribution in [0.3, 0.4) is 0 Å². The molecule has 0 aliphatic rings. The molecule has 2 aromatic heterocycles. The van der Waals surface area contributed by atoms with Gasteiger partial charge in [0.05, 0.1) is 18.4 Å². The molecule has 2 heterocycles. The third-order valence-electron chi connectivity index (χ3n) is 4.47. The van der Waals surface area contributed by atoms with Crippen molar-refractivity contribution in [3.63, 3.8) is 0 Å². The van der Waals surface area contributed by atoms with E-state index in [1.165, 1.54) is 35.8 Å². The first-order valence-corrected chi connectivity index (χ1v) is 11.4. The number of esters is 1. The quantitative estimate of drug-likeness (QED) is 0.383. The van der Waals surface area contributed by atoms with E-state index in [0.29, 0.717) is 21.5 Å². The number of aryl methyl sites for hydroxylation is 2. The summed E-state index contributed by atoms with van der Waals surface area (Å²) in [6.45, 7) is 4.25. The van der Waals surface area contributed by atoms with E-state index < -0.39 is 5.97 Å². The van der Waals surface area contributed by atoms with Crippen LogP contribution in [0, 0.1) is 6.92 Å². The van der Waals surface area contributed by atoms with E-state index in [9.17, 15) is 9.59 Å². The summed E-state index contributed by atoms with van der Waals surface area (Å²) in [6, 6.07) is 9.64. The van der Waals surface area contributed by atoms with Gasteiger partial charge in [0.25, 0.3) is 0 Å². The second-order valence-corrected chi connectivity index (χ2v) is 8.87. The summed E-state index contributed by atoms with van der Waals surface area (Å²) in [5, 5.41) is 12.2. The molecule has 0 radical (unpaired) electrons. The van der Waals surface area contributed by atoms with Gasteiger partial charge in [0.15, 0.2) is 11.0 Å². The number of nitrogens with one attached hydrogen (secondary N) is 1. The summed E-state index contributed by atoms with van der Waals surface area (Å²) in [4.78, 5) is 25.1. The van der Waals surface area contributed by atoms with Gasteiger partial charge in [-0.05, 0) is 37.1 Å². The Bertz CT molecular complexity index is 1060. The Morgan fingerprint density at radius 1 is 1.23 bits per heavy atom. The maximum Gasteiger partial charge on any atom is 0.340 e. The van der Waals surface area contributed by atoms with Crippen LogP contribution in [0.5, 0.6) is 5.75 Å². The topological polar surface area (TPSA) is 95.3 Å². The largest absolute Gasteiger partial charge is 0.486 e. The number of anilines is 1. The van der Waals surface area contributed by atoms with Crippen molar-refractivity contribution in [2.45, 2.75) is 32.0 Å². The number of thiophene rings is 1. The Balaban J connectivity index is 1.54. The fraction of sp³-hybridized carbons (Fsp3) is 0.333. The molecular weight excluding hydrogens is 436 g/mol. The highest BCUT2D eigenvalue weighted by atomic mass is 32.2. The maximum atomic E-state index is 12.4. The molecule has 0 aliphatic carbocycles. The Morgan fingerprint density at radius 3 is 2.65 bits per heavy atom. The first-order chi connectivity index (χ1) is 14.9. The zero-order valence-corrected chi connectivity index (χ0v) is 19.4. The second-order valence-electron chi connectivity index (χ2n) is 6.67. The van der Waals surface area contributed by atoms with E-state index in [1.54, 1.807) is 10.6 Å². The minimum atomic E-state index is -0.477. The van der Waals surface area contributed by atoms with Crippen LogP contribution in [0.1, 0.15) is 33.5 Å². The summed E-state index contributed by atoms with van der Waals surface area (Å²) in [6.07, 6.45) is 0.980. The molecule has 8 nitrogen and oxygen atoms in total. The minimum Gasteiger partial charge on any atom is -0.486 e. The zero-order chi connectivity index (χ0) is 22.4. The highest BCUT2D eigenvalue weighted by Gasteiger charge is 2.18. The number of thioether (sulfide) groups is 1. The molecule has 0 bridgehead atoms. The Morgan fingerprint density at radius 2 is 1.97 bits per heavy atom. The first-order valence-electron chi connectivity index (χ1n) is 9.62. The molecule has 1 amide bonds. The fourth-order valence-electron chi connectivity index (χ4n) is 2.73. The van der Waals surface area contributed by atoms with Crippen LogP contribution >= 0.6 is 23.1 Å². The Hall–Kier alpha value is -2.85. The molecule has 31 heavy (non-hydrogen) atoms. The van der Waals surface area contributed by atoms with Crippen LogP contribution in [0.15, 0.2) is 35.5 Å². The molecule has 0 saturated heterocycles. The third-order valence-corrected chi connectivity index (χ3v) is 6.46. The first kappa shape index (κ1) is 22.8. The summed E-state index contributed by atoms with van der Waals surface area (Å²) in [7, 11) is 3.14. The van der Waals surface area contributed by atoms with Crippen LogP contribution in [0.25, 0.3) is 0 Å². The van der Waals surface area contributed by atoms with Gasteiger partial charge in [0.1, 0.15) is 17.4 Å². The number of aromatic nitrogens is 3. The molecule has 0 saturated carbocycles. The van der Waals surface area contributed by atoms with E-state index in [-0.39, 0.29) is 18.3 Å². The zero-order valence-electron chi connectivity index (χ0n) is 17.8. The monoisotopic (exact) mass is 460 g/mol. The van der Waals surface area contributed by atoms with Crippen molar-refractivity contribution in [2.24, 2.45) is 7.05 Å². The molecule has 1 aromatic carbocycles. The highest BCUT2D eigenvalue weighted by Crippen LogP contribution is 2.28. The smallest absolute Gasteiger partial charge is 0.340 e. The van der Waals surface area contributed by atoms with E-state index in [2.05, 4.69) is 22.4 Å². The summed E-state index contributed by atoms with van der Waals surface area (Å²) >= 11 is 2.59. The molecule has 164 valence electrons. The van der Waals surface area contributed by atoms with Gasteiger partial charge in [-0.1, -0.05) is 30.8 Å². The number of methoxy groups -OCH3 is 1. The maximum absolute atomic E-state index is 12.4. The fourth-order valence-corrected chi connectivity index (χ4v) is 4.37. The van der Waals surface area contributed by atoms with E-state index in [1.807, 2.05) is 38.2 Å². The lowest BCUT2D eigenvalue weighted by Crippen LogP contribution is -2.16. The van der Waals surface area contributed by atoms with Gasteiger partial charge in [0.2, 0.25) is 5.91 Å². The summed E-state index contributed by atoms with van der Waals surface area (Å²) < 4.78 is 12.3. The average molecular weight is 461 g/mol. The van der Waals surface area contributed by atoms with E-state index in [0.717, 1.165) is 17.0 Å². The molecule has 0 atom stereocenters. The number of hydrogen-bond donors (Lipinski definition) is 1. The summed E-state index contributed by atoms with van der Waals surface area (Å²) in [5.41, 5.74) is 1.60. The van der Waals surface area contributed by atoms with Gasteiger partial charge in [-0.15, -0.1) is 21.5 Å². The molecule has 0 unspecified atom stereocenters. The highest BCUT2D eigenvalue weighted by molar-refractivity contribution is 7.99. The molecule has 0 aliphatic heterocycles. The van der Waals surface area contributed by atoms with Gasteiger partial charge in [-0.2, -0.15) is 0 Å². The number of hydrogen-bond acceptors (Lipinski definition) is 8. The predicted molar refractivity (Wildman–Crippen MR) is 121 cm³/mol. The molecule has 0 fully saturated rings. The van der Waals surface area contributed by atoms with Crippen molar-refractivity contribution in [3.8, 4) is 5.75 Å². The van der Waals surface area contributed by atoms with Crippen molar-refractivity contribution in [2.75, 3.05) is 18.2 Å². The Kier molecular flexibility index (Phi) is 7.69. The number of amides is 1. The van der Waals surface area contributed by atoms with E-state index in [4.69, 9.17) is 9.47 Å². The number of carbonyl (C=O) groups is 2. The van der Waals surface area contributed by atoms with Crippen molar-refractivity contribution >= 4 is 40.0 Å². The average Bonchev–Trinajstić information content (AvgIpc) is 3.32. The van der Waals surface area contributed by atoms with Gasteiger partial charge in [-0.3, -0.25) is 4.79 Å². The third kappa shape index (κ3) is 5.86. The Labute approximate surface area is 189 Å². The van der Waals surface area contributed by atoms with Crippen LogP contribution in [-0.4, -0.2) is 39.5 Å². The van der Waals surface area contributed by atoms with Gasteiger partial charge in [-0.25, -0.2) is 4.79 Å². The lowest BCUT2D eigenvalue weighted by atomic mass is 10.2. The minimum absolute atomic E-state index is 0.128. The summed E-state index contributed by atoms with van der Waals surface area (Å²) in [5.74, 6) is 0.831. The SMILES string of the molecule is CCc1ccc(OCc2nnc(SCC(=O)Nc3sc(C)cc3C(=O)OC)n2C)cc1. The van der Waals surface area contributed by atoms with Gasteiger partial charge < -0.3 is 19.4 Å². The van der Waals surface area contributed by atoms with Gasteiger partial charge >= 0.3 is 5.97 Å². The number of carbonyl (C=O) groups excluding carboxylic acids is 2. The van der Waals surface area contributed by atoms with Crippen LogP contribution in [0.4, 0.5) is 5.00 Å². The number of benzene rings is 1. The van der Waals surface area contributed by atoms with Crippen LogP contribution in [-0.2, 0) is 29.6 Å². The molecule has 0 spiro atoms. The van der Waals surface area contributed by atoms with Crippen LogP contribution in [0.2, 0.25) is 0 Å². The number of ether oxygens (including phenoxy) is 2. The lowest BCUT2D eigenvalue weighted by molar-refractivity contribution is -0.113. The lowest BCUT2D eigenvalue weighted by Gasteiger charge is -2.07. The van der Waals surface area contributed by atoms with Crippen LogP contribution < -0.4 is 10.1 Å². The van der Waals surface area contributed by atoms with E-state index >= 15 is 0 Å². The second kappa shape index (κ2) is 10.5. The number of nitrogens with zero attached hydrogens (tertiary/aromatic N) is 3. The normalized spacial score (nSPS) is 10.7. The molecule has 3 aromatic rings. The predicted octanol–water partition coefficient (Wildman–Crippen LogP) is 3.84. The van der Waals surface area contributed by atoms with Crippen molar-refractivity contribution < 1.29 is 19.1 Å².